The van der Waals surface area contributed by atoms with E-state index in [-0.39, 0.29) is 24.0 Å². The Morgan fingerprint density at radius 3 is 2.88 bits per heavy atom. The van der Waals surface area contributed by atoms with Gasteiger partial charge >= 0.3 is 0 Å². The highest BCUT2D eigenvalue weighted by Crippen LogP contribution is 2.24. The third-order valence-electron chi connectivity index (χ3n) is 3.23. The number of halogens is 1. The molecule has 3 aromatic rings. The van der Waals surface area contributed by atoms with Crippen LogP contribution in [0.25, 0.3) is 11.4 Å². The summed E-state index contributed by atoms with van der Waals surface area (Å²) in [6.45, 7) is -0.0373. The van der Waals surface area contributed by atoms with Gasteiger partial charge in [-0.05, 0) is 18.2 Å². The molecular weight excluding hydrogens is 394 g/mol. The number of hydrogen-bond donors (Lipinski definition) is 0. The van der Waals surface area contributed by atoms with Gasteiger partial charge in [0.25, 0.3) is 11.6 Å². The van der Waals surface area contributed by atoms with Gasteiger partial charge in [-0.25, -0.2) is 0 Å². The van der Waals surface area contributed by atoms with Crippen LogP contribution in [0, 0.1) is 10.1 Å². The van der Waals surface area contributed by atoms with E-state index in [1.807, 2.05) is 0 Å². The molecule has 0 N–H and O–H groups in total. The SMILES string of the molecule is O=Cc1cc(Br)ccc1OCc1nc(-c2cccc([N+](=O)[O-])c2)no1. The summed E-state index contributed by atoms with van der Waals surface area (Å²) in [7, 11) is 0. The Bertz CT molecular complexity index is 941. The molecule has 0 bridgehead atoms. The Morgan fingerprint density at radius 1 is 1.28 bits per heavy atom. The average molecular weight is 404 g/mol. The lowest BCUT2D eigenvalue weighted by molar-refractivity contribution is -0.384. The van der Waals surface area contributed by atoms with Crippen LogP contribution in [-0.4, -0.2) is 21.4 Å². The molecule has 3 rings (SSSR count). The first-order valence-electron chi connectivity index (χ1n) is 7.02. The largest absolute Gasteiger partial charge is 0.483 e. The summed E-state index contributed by atoms with van der Waals surface area (Å²) in [5.41, 5.74) is 0.778. The van der Waals surface area contributed by atoms with Crippen LogP contribution in [0.2, 0.25) is 0 Å². The molecule has 0 spiro atoms. The molecule has 2 aromatic carbocycles. The zero-order chi connectivity index (χ0) is 17.8. The summed E-state index contributed by atoms with van der Waals surface area (Å²) < 4.78 is 11.4. The Hall–Kier alpha value is -3.07. The second-order valence-electron chi connectivity index (χ2n) is 4.91. The van der Waals surface area contributed by atoms with Gasteiger partial charge in [0, 0.05) is 22.2 Å². The number of hydrogen-bond acceptors (Lipinski definition) is 7. The second-order valence-corrected chi connectivity index (χ2v) is 5.82. The maximum Gasteiger partial charge on any atom is 0.270 e. The lowest BCUT2D eigenvalue weighted by atomic mass is 10.2. The van der Waals surface area contributed by atoms with Crippen molar-refractivity contribution in [3.8, 4) is 17.1 Å². The number of non-ortho nitro benzene ring substituents is 1. The molecule has 126 valence electrons. The van der Waals surface area contributed by atoms with Gasteiger partial charge in [0.15, 0.2) is 12.9 Å². The topological polar surface area (TPSA) is 108 Å². The van der Waals surface area contributed by atoms with Crippen molar-refractivity contribution in [2.24, 2.45) is 0 Å². The van der Waals surface area contributed by atoms with Crippen molar-refractivity contribution in [3.05, 3.63) is 68.5 Å². The van der Waals surface area contributed by atoms with Crippen LogP contribution in [0.1, 0.15) is 16.2 Å². The van der Waals surface area contributed by atoms with Crippen LogP contribution in [0.15, 0.2) is 51.5 Å². The van der Waals surface area contributed by atoms with Gasteiger partial charge in [0.1, 0.15) is 5.75 Å². The van der Waals surface area contributed by atoms with E-state index in [1.54, 1.807) is 24.3 Å². The van der Waals surface area contributed by atoms with Crippen molar-refractivity contribution in [1.29, 1.82) is 0 Å². The van der Waals surface area contributed by atoms with E-state index in [0.717, 1.165) is 4.47 Å². The fourth-order valence-electron chi connectivity index (χ4n) is 2.07. The van der Waals surface area contributed by atoms with E-state index in [1.165, 1.54) is 18.2 Å². The molecule has 1 aromatic heterocycles. The highest BCUT2D eigenvalue weighted by atomic mass is 79.9. The number of carbonyl (C=O) groups is 1. The fourth-order valence-corrected chi connectivity index (χ4v) is 2.45. The molecule has 0 fully saturated rings. The van der Waals surface area contributed by atoms with Gasteiger partial charge in [-0.3, -0.25) is 14.9 Å². The van der Waals surface area contributed by atoms with E-state index in [0.29, 0.717) is 23.2 Å². The number of rotatable bonds is 6. The minimum Gasteiger partial charge on any atom is -0.483 e. The predicted molar refractivity (Wildman–Crippen MR) is 90.2 cm³/mol. The molecule has 9 heteroatoms. The number of nitrogens with zero attached hydrogens (tertiary/aromatic N) is 3. The Labute approximate surface area is 149 Å². The van der Waals surface area contributed by atoms with Crippen molar-refractivity contribution in [1.82, 2.24) is 10.1 Å². The van der Waals surface area contributed by atoms with E-state index in [9.17, 15) is 14.9 Å². The van der Waals surface area contributed by atoms with Crippen LogP contribution in [0.5, 0.6) is 5.75 Å². The first kappa shape index (κ1) is 16.8. The monoisotopic (exact) mass is 403 g/mol. The Kier molecular flexibility index (Phi) is 4.85. The minimum absolute atomic E-state index is 0.0373. The third-order valence-corrected chi connectivity index (χ3v) is 3.73. The Balaban J connectivity index is 1.75. The number of aromatic nitrogens is 2. The molecule has 0 aliphatic heterocycles. The standard InChI is InChI=1S/C16H10BrN3O5/c17-12-4-5-14(11(6-12)8-21)24-9-15-18-16(19-25-15)10-2-1-3-13(7-10)20(22)23/h1-8H,9H2. The highest BCUT2D eigenvalue weighted by Gasteiger charge is 2.13. The fraction of sp³-hybridized carbons (Fsp3) is 0.0625. The van der Waals surface area contributed by atoms with Gasteiger partial charge in [-0.1, -0.05) is 33.2 Å². The van der Waals surface area contributed by atoms with Crippen molar-refractivity contribution in [2.75, 3.05) is 0 Å². The van der Waals surface area contributed by atoms with E-state index >= 15 is 0 Å². The highest BCUT2D eigenvalue weighted by molar-refractivity contribution is 9.10. The number of benzene rings is 2. The van der Waals surface area contributed by atoms with Crippen molar-refractivity contribution in [3.63, 3.8) is 0 Å². The molecule has 0 unspecified atom stereocenters. The van der Waals surface area contributed by atoms with Crippen molar-refractivity contribution < 1.29 is 19.0 Å². The maximum atomic E-state index is 11.1. The quantitative estimate of drug-likeness (QED) is 0.349. The smallest absolute Gasteiger partial charge is 0.270 e. The van der Waals surface area contributed by atoms with Crippen LogP contribution >= 0.6 is 15.9 Å². The molecular formula is C16H10BrN3O5. The molecule has 0 aliphatic carbocycles. The molecule has 8 nitrogen and oxygen atoms in total. The molecule has 0 radical (unpaired) electrons. The first-order chi connectivity index (χ1) is 12.1. The molecule has 0 saturated heterocycles. The number of aldehydes is 1. The number of nitro groups is 1. The lowest BCUT2D eigenvalue weighted by Crippen LogP contribution is -1.98. The summed E-state index contributed by atoms with van der Waals surface area (Å²) >= 11 is 3.28. The van der Waals surface area contributed by atoms with Crippen molar-refractivity contribution in [2.45, 2.75) is 6.61 Å². The van der Waals surface area contributed by atoms with E-state index in [2.05, 4.69) is 26.1 Å². The van der Waals surface area contributed by atoms with Crippen LogP contribution in [0.3, 0.4) is 0 Å². The minimum atomic E-state index is -0.498. The number of nitro benzene ring substituents is 1. The zero-order valence-corrected chi connectivity index (χ0v) is 14.2. The number of ether oxygens (including phenoxy) is 1. The molecule has 0 saturated carbocycles. The summed E-state index contributed by atoms with van der Waals surface area (Å²) in [4.78, 5) is 25.5. The summed E-state index contributed by atoms with van der Waals surface area (Å²) in [5, 5.41) is 14.6. The summed E-state index contributed by atoms with van der Waals surface area (Å²) in [6, 6.07) is 10.9. The van der Waals surface area contributed by atoms with E-state index in [4.69, 9.17) is 9.26 Å². The lowest BCUT2D eigenvalue weighted by Gasteiger charge is -2.05. The normalized spacial score (nSPS) is 10.4. The predicted octanol–water partition coefficient (Wildman–Crippen LogP) is 3.80. The summed E-state index contributed by atoms with van der Waals surface area (Å²) in [5.74, 6) is 0.781. The van der Waals surface area contributed by atoms with E-state index < -0.39 is 4.92 Å². The average Bonchev–Trinajstić information content (AvgIpc) is 3.09. The van der Waals surface area contributed by atoms with Crippen molar-refractivity contribution >= 4 is 27.9 Å². The number of carbonyl (C=O) groups excluding carboxylic acids is 1. The summed E-state index contributed by atoms with van der Waals surface area (Å²) in [6.07, 6.45) is 0.683. The van der Waals surface area contributed by atoms with Crippen LogP contribution < -0.4 is 4.74 Å². The second kappa shape index (κ2) is 7.22. The van der Waals surface area contributed by atoms with Gasteiger partial charge in [0.05, 0.1) is 10.5 Å². The van der Waals surface area contributed by atoms with Gasteiger partial charge in [0.2, 0.25) is 5.82 Å². The molecule has 0 amide bonds. The first-order valence-corrected chi connectivity index (χ1v) is 7.81. The van der Waals surface area contributed by atoms with Gasteiger partial charge < -0.3 is 9.26 Å². The maximum absolute atomic E-state index is 11.1. The molecule has 25 heavy (non-hydrogen) atoms. The zero-order valence-electron chi connectivity index (χ0n) is 12.6. The molecule has 1 heterocycles. The molecule has 0 aliphatic rings. The van der Waals surface area contributed by atoms with Gasteiger partial charge in [-0.2, -0.15) is 4.98 Å². The third kappa shape index (κ3) is 3.89. The van der Waals surface area contributed by atoms with Gasteiger partial charge in [-0.15, -0.1) is 0 Å². The van der Waals surface area contributed by atoms with Crippen LogP contribution in [-0.2, 0) is 6.61 Å². The van der Waals surface area contributed by atoms with Crippen LogP contribution in [0.4, 0.5) is 5.69 Å². The Morgan fingerprint density at radius 2 is 2.12 bits per heavy atom. The molecule has 0 atom stereocenters.